The first-order chi connectivity index (χ1) is 16.8. The Morgan fingerprint density at radius 2 is 1.77 bits per heavy atom. The minimum atomic E-state index is -0.838. The number of aromatic nitrogens is 4. The maximum Gasteiger partial charge on any atom is 0.242 e. The standard InChI is InChI=1S/C23H31N9O2S/c1-23(2,25)21(33)32-5-3-30(4-6-32)14-16-11-17-18(35-16)20(31-7-9-34-10-8-31)29-19(28-17)15-12-26-22(24)27-13-15/h11-13H,3-10,14,25H2,1-2H3,(H2,24,26,27). The number of hydrogen-bond donors (Lipinski definition) is 2. The molecule has 2 saturated heterocycles. The lowest BCUT2D eigenvalue weighted by Crippen LogP contribution is -2.56. The number of nitrogens with two attached hydrogens (primary N) is 2. The lowest BCUT2D eigenvalue weighted by molar-refractivity contribution is -0.137. The van der Waals surface area contributed by atoms with E-state index in [-0.39, 0.29) is 11.9 Å². The Morgan fingerprint density at radius 1 is 1.09 bits per heavy atom. The van der Waals surface area contributed by atoms with Crippen molar-refractivity contribution in [1.82, 2.24) is 29.7 Å². The zero-order valence-corrected chi connectivity index (χ0v) is 20.9. The molecule has 35 heavy (non-hydrogen) atoms. The topological polar surface area (TPSA) is 140 Å². The van der Waals surface area contributed by atoms with Gasteiger partial charge in [-0.25, -0.2) is 19.9 Å². The van der Waals surface area contributed by atoms with Gasteiger partial charge in [-0.1, -0.05) is 0 Å². The molecule has 0 unspecified atom stereocenters. The van der Waals surface area contributed by atoms with E-state index in [1.165, 1.54) is 4.88 Å². The van der Waals surface area contributed by atoms with Gasteiger partial charge in [-0.3, -0.25) is 9.69 Å². The summed E-state index contributed by atoms with van der Waals surface area (Å²) >= 11 is 1.73. The van der Waals surface area contributed by atoms with Gasteiger partial charge in [0.2, 0.25) is 11.9 Å². The minimum Gasteiger partial charge on any atom is -0.378 e. The summed E-state index contributed by atoms with van der Waals surface area (Å²) in [6.45, 7) is 10.2. The molecule has 0 atom stereocenters. The Morgan fingerprint density at radius 3 is 2.43 bits per heavy atom. The fourth-order valence-corrected chi connectivity index (χ4v) is 5.51. The van der Waals surface area contributed by atoms with E-state index in [0.717, 1.165) is 54.3 Å². The smallest absolute Gasteiger partial charge is 0.242 e. The number of carbonyl (C=O) groups excluding carboxylic acids is 1. The van der Waals surface area contributed by atoms with Crippen molar-refractivity contribution in [3.8, 4) is 11.4 Å². The molecule has 1 amide bonds. The number of amides is 1. The van der Waals surface area contributed by atoms with Crippen LogP contribution in [-0.2, 0) is 16.1 Å². The van der Waals surface area contributed by atoms with E-state index in [1.807, 2.05) is 4.90 Å². The van der Waals surface area contributed by atoms with Crippen molar-refractivity contribution in [1.29, 1.82) is 0 Å². The van der Waals surface area contributed by atoms with E-state index in [1.54, 1.807) is 37.6 Å². The van der Waals surface area contributed by atoms with Gasteiger partial charge in [0, 0.05) is 63.1 Å². The molecule has 0 radical (unpaired) electrons. The van der Waals surface area contributed by atoms with Crippen LogP contribution in [0.15, 0.2) is 18.5 Å². The Kier molecular flexibility index (Phi) is 6.53. The molecule has 4 N–H and O–H groups in total. The lowest BCUT2D eigenvalue weighted by atomic mass is 10.0. The molecule has 2 aliphatic rings. The molecular formula is C23H31N9O2S. The fraction of sp³-hybridized carbons (Fsp3) is 0.522. The Balaban J connectivity index is 1.39. The van der Waals surface area contributed by atoms with Gasteiger partial charge in [0.1, 0.15) is 0 Å². The van der Waals surface area contributed by atoms with Crippen molar-refractivity contribution in [3.63, 3.8) is 0 Å². The van der Waals surface area contributed by atoms with Crippen LogP contribution in [0.1, 0.15) is 18.7 Å². The van der Waals surface area contributed by atoms with E-state index in [9.17, 15) is 4.79 Å². The van der Waals surface area contributed by atoms with Gasteiger partial charge in [-0.05, 0) is 19.9 Å². The van der Waals surface area contributed by atoms with Gasteiger partial charge in [-0.15, -0.1) is 11.3 Å². The highest BCUT2D eigenvalue weighted by Gasteiger charge is 2.30. The van der Waals surface area contributed by atoms with Crippen LogP contribution >= 0.6 is 11.3 Å². The largest absolute Gasteiger partial charge is 0.378 e. The third-order valence-electron chi connectivity index (χ3n) is 6.24. The average Bonchev–Trinajstić information content (AvgIpc) is 3.26. The lowest BCUT2D eigenvalue weighted by Gasteiger charge is -2.37. The molecule has 0 bridgehead atoms. The van der Waals surface area contributed by atoms with Crippen molar-refractivity contribution >= 4 is 39.2 Å². The van der Waals surface area contributed by atoms with Gasteiger partial charge >= 0.3 is 0 Å². The molecular weight excluding hydrogens is 466 g/mol. The van der Waals surface area contributed by atoms with Crippen molar-refractivity contribution < 1.29 is 9.53 Å². The quantitative estimate of drug-likeness (QED) is 0.523. The molecule has 2 fully saturated rings. The maximum absolute atomic E-state index is 12.5. The third kappa shape index (κ3) is 5.20. The minimum absolute atomic E-state index is 0.00335. The molecule has 0 spiro atoms. The summed E-state index contributed by atoms with van der Waals surface area (Å²) in [5, 5.41) is 0. The summed E-state index contributed by atoms with van der Waals surface area (Å²) < 4.78 is 6.63. The molecule has 2 aliphatic heterocycles. The van der Waals surface area contributed by atoms with E-state index >= 15 is 0 Å². The zero-order chi connectivity index (χ0) is 24.6. The summed E-state index contributed by atoms with van der Waals surface area (Å²) in [4.78, 5) is 38.2. The van der Waals surface area contributed by atoms with Crippen molar-refractivity contribution in [2.45, 2.75) is 25.9 Å². The predicted molar refractivity (Wildman–Crippen MR) is 136 cm³/mol. The van der Waals surface area contributed by atoms with Crippen molar-refractivity contribution in [2.75, 3.05) is 63.1 Å². The first-order valence-corrected chi connectivity index (χ1v) is 12.6. The second kappa shape index (κ2) is 9.61. The summed E-state index contributed by atoms with van der Waals surface area (Å²) in [5.41, 5.74) is 12.5. The fourth-order valence-electron chi connectivity index (χ4n) is 4.35. The monoisotopic (exact) mass is 497 g/mol. The number of rotatable bonds is 5. The number of nitrogen functional groups attached to an aromatic ring is 1. The average molecular weight is 498 g/mol. The number of hydrogen-bond acceptors (Lipinski definition) is 11. The van der Waals surface area contributed by atoms with Gasteiger partial charge in [0.15, 0.2) is 11.6 Å². The highest BCUT2D eigenvalue weighted by Crippen LogP contribution is 2.35. The zero-order valence-electron chi connectivity index (χ0n) is 20.1. The molecule has 5 heterocycles. The molecule has 0 saturated carbocycles. The Bertz CT molecular complexity index is 1190. The number of fused-ring (bicyclic) bond motifs is 1. The van der Waals surface area contributed by atoms with Crippen molar-refractivity contribution in [2.24, 2.45) is 5.73 Å². The number of ether oxygens (including phenoxy) is 1. The van der Waals surface area contributed by atoms with Crippen LogP contribution in [-0.4, -0.2) is 93.7 Å². The number of morpholine rings is 1. The SMILES string of the molecule is CC(C)(N)C(=O)N1CCN(Cc2cc3nc(-c4cnc(N)nc4)nc(N4CCOCC4)c3s2)CC1. The summed E-state index contributed by atoms with van der Waals surface area (Å²) in [7, 11) is 0. The number of anilines is 2. The van der Waals surface area contributed by atoms with Crippen LogP contribution in [0.2, 0.25) is 0 Å². The summed E-state index contributed by atoms with van der Waals surface area (Å²) in [5.74, 6) is 1.73. The second-order valence-corrected chi connectivity index (χ2v) is 10.7. The molecule has 3 aromatic heterocycles. The van der Waals surface area contributed by atoms with Crippen LogP contribution in [0.4, 0.5) is 11.8 Å². The highest BCUT2D eigenvalue weighted by atomic mass is 32.1. The normalized spacial score (nSPS) is 17.8. The number of nitrogens with zero attached hydrogens (tertiary/aromatic N) is 7. The third-order valence-corrected chi connectivity index (χ3v) is 7.34. The molecule has 186 valence electrons. The van der Waals surface area contributed by atoms with Gasteiger partial charge in [0.05, 0.1) is 34.5 Å². The van der Waals surface area contributed by atoms with Gasteiger partial charge in [-0.2, -0.15) is 0 Å². The van der Waals surface area contributed by atoms with Crippen LogP contribution in [0, 0.1) is 0 Å². The Labute approximate surface area is 208 Å². The summed E-state index contributed by atoms with van der Waals surface area (Å²) in [6, 6.07) is 2.15. The van der Waals surface area contributed by atoms with Gasteiger partial charge in [0.25, 0.3) is 0 Å². The maximum atomic E-state index is 12.5. The van der Waals surface area contributed by atoms with Gasteiger partial charge < -0.3 is 26.0 Å². The van der Waals surface area contributed by atoms with Crippen LogP contribution < -0.4 is 16.4 Å². The molecule has 3 aromatic rings. The molecule has 5 rings (SSSR count). The van der Waals surface area contributed by atoms with E-state index in [4.69, 9.17) is 26.2 Å². The number of carbonyl (C=O) groups is 1. The molecule has 11 nitrogen and oxygen atoms in total. The highest BCUT2D eigenvalue weighted by molar-refractivity contribution is 7.19. The summed E-state index contributed by atoms with van der Waals surface area (Å²) in [6.07, 6.45) is 3.31. The molecule has 12 heteroatoms. The molecule has 0 aromatic carbocycles. The van der Waals surface area contributed by atoms with Crippen molar-refractivity contribution in [3.05, 3.63) is 23.3 Å². The first-order valence-electron chi connectivity index (χ1n) is 11.8. The van der Waals surface area contributed by atoms with E-state index in [0.29, 0.717) is 32.1 Å². The van der Waals surface area contributed by atoms with Crippen LogP contribution in [0.25, 0.3) is 21.6 Å². The van der Waals surface area contributed by atoms with Crippen LogP contribution in [0.5, 0.6) is 0 Å². The number of piperazine rings is 1. The van der Waals surface area contributed by atoms with E-state index in [2.05, 4.69) is 25.8 Å². The first kappa shape index (κ1) is 23.8. The Hall–Kier alpha value is -2.93. The second-order valence-electron chi connectivity index (χ2n) is 9.52. The van der Waals surface area contributed by atoms with Crippen LogP contribution in [0.3, 0.4) is 0 Å². The predicted octanol–water partition coefficient (Wildman–Crippen LogP) is 0.949. The van der Waals surface area contributed by atoms with E-state index < -0.39 is 5.54 Å². The number of thiophene rings is 1. The molecule has 0 aliphatic carbocycles.